The number of carbonyl (C=O) groups is 2. The molecule has 28 heavy (non-hydrogen) atoms. The first kappa shape index (κ1) is 21.1. The molecule has 0 spiro atoms. The Kier molecular flexibility index (Phi) is 7.26. The lowest BCUT2D eigenvalue weighted by atomic mass is 10.0. The molecule has 0 radical (unpaired) electrons. The van der Waals surface area contributed by atoms with Gasteiger partial charge in [-0.2, -0.15) is 0 Å². The van der Waals surface area contributed by atoms with Crippen molar-refractivity contribution in [2.45, 2.75) is 20.3 Å². The molecule has 7 heteroatoms. The first-order chi connectivity index (χ1) is 13.3. The van der Waals surface area contributed by atoms with Crippen LogP contribution in [0.25, 0.3) is 0 Å². The summed E-state index contributed by atoms with van der Waals surface area (Å²) >= 11 is 0. The highest BCUT2D eigenvalue weighted by Gasteiger charge is 2.13. The predicted molar refractivity (Wildman–Crippen MR) is 105 cm³/mol. The van der Waals surface area contributed by atoms with Crippen LogP contribution in [-0.4, -0.2) is 44.4 Å². The van der Waals surface area contributed by atoms with Gasteiger partial charge in [-0.15, -0.1) is 0 Å². The van der Waals surface area contributed by atoms with Crippen molar-refractivity contribution in [1.82, 2.24) is 5.32 Å². The van der Waals surface area contributed by atoms with Gasteiger partial charge in [0.05, 0.1) is 14.2 Å². The third-order valence-electron chi connectivity index (χ3n) is 4.23. The van der Waals surface area contributed by atoms with Crippen LogP contribution in [-0.2, 0) is 11.2 Å². The van der Waals surface area contributed by atoms with E-state index in [1.54, 1.807) is 40.2 Å². The van der Waals surface area contributed by atoms with E-state index < -0.39 is 12.6 Å². The van der Waals surface area contributed by atoms with Gasteiger partial charge in [0.15, 0.2) is 6.61 Å². The summed E-state index contributed by atoms with van der Waals surface area (Å²) in [6.07, 6.45) is 0.587. The van der Waals surface area contributed by atoms with E-state index in [1.165, 1.54) is 0 Å². The van der Waals surface area contributed by atoms with E-state index in [0.29, 0.717) is 35.4 Å². The Morgan fingerprint density at radius 3 is 2.29 bits per heavy atom. The lowest BCUT2D eigenvalue weighted by Gasteiger charge is -2.14. The molecule has 1 amide bonds. The van der Waals surface area contributed by atoms with Gasteiger partial charge in [0, 0.05) is 12.1 Å². The van der Waals surface area contributed by atoms with Gasteiger partial charge in [-0.05, 0) is 67.3 Å². The van der Waals surface area contributed by atoms with Gasteiger partial charge in [-0.1, -0.05) is 0 Å². The molecule has 2 rings (SSSR count). The quantitative estimate of drug-likeness (QED) is 0.687. The molecule has 0 atom stereocenters. The molecule has 0 saturated heterocycles. The minimum atomic E-state index is -1.05. The Labute approximate surface area is 164 Å². The highest BCUT2D eigenvalue weighted by molar-refractivity contribution is 5.94. The number of benzene rings is 2. The molecule has 0 aliphatic heterocycles. The highest BCUT2D eigenvalue weighted by Crippen LogP contribution is 2.26. The van der Waals surface area contributed by atoms with Crippen LogP contribution in [0.1, 0.15) is 27.0 Å². The summed E-state index contributed by atoms with van der Waals surface area (Å²) < 4.78 is 15.9. The van der Waals surface area contributed by atoms with Gasteiger partial charge in [0.25, 0.3) is 5.91 Å². The van der Waals surface area contributed by atoms with Crippen LogP contribution in [0.2, 0.25) is 0 Å². The fraction of sp³-hybridized carbons (Fsp3) is 0.333. The van der Waals surface area contributed by atoms with Gasteiger partial charge in [0.1, 0.15) is 17.2 Å². The number of carbonyl (C=O) groups excluding carboxylic acids is 1. The number of ether oxygens (including phenoxy) is 3. The second-order valence-electron chi connectivity index (χ2n) is 6.31. The van der Waals surface area contributed by atoms with Crippen LogP contribution in [0.15, 0.2) is 30.3 Å². The van der Waals surface area contributed by atoms with Crippen LogP contribution in [0.3, 0.4) is 0 Å². The fourth-order valence-electron chi connectivity index (χ4n) is 2.93. The molecule has 2 N–H and O–H groups in total. The van der Waals surface area contributed by atoms with Gasteiger partial charge in [-0.3, -0.25) is 4.79 Å². The van der Waals surface area contributed by atoms with Crippen molar-refractivity contribution in [1.29, 1.82) is 0 Å². The average Bonchev–Trinajstić information content (AvgIpc) is 2.66. The summed E-state index contributed by atoms with van der Waals surface area (Å²) in [6, 6.07) is 8.91. The van der Waals surface area contributed by atoms with E-state index in [9.17, 15) is 9.59 Å². The van der Waals surface area contributed by atoms with Gasteiger partial charge in [0.2, 0.25) is 0 Å². The predicted octanol–water partition coefficient (Wildman–Crippen LogP) is 2.76. The van der Waals surface area contributed by atoms with Crippen LogP contribution >= 0.6 is 0 Å². The van der Waals surface area contributed by atoms with E-state index in [1.807, 2.05) is 18.2 Å². The smallest absolute Gasteiger partial charge is 0.341 e. The van der Waals surface area contributed by atoms with Crippen molar-refractivity contribution >= 4 is 11.9 Å². The number of rotatable bonds is 9. The second kappa shape index (κ2) is 9.64. The Hall–Kier alpha value is -3.22. The summed E-state index contributed by atoms with van der Waals surface area (Å²) in [5.74, 6) is 0.693. The fourth-order valence-corrected chi connectivity index (χ4v) is 2.93. The maximum absolute atomic E-state index is 12.5. The number of carboxylic acids is 1. The van der Waals surface area contributed by atoms with Crippen LogP contribution in [0.4, 0.5) is 0 Å². The molecule has 0 heterocycles. The molecular weight excluding hydrogens is 362 g/mol. The monoisotopic (exact) mass is 387 g/mol. The van der Waals surface area contributed by atoms with E-state index in [4.69, 9.17) is 19.3 Å². The molecule has 0 unspecified atom stereocenters. The van der Waals surface area contributed by atoms with Gasteiger partial charge < -0.3 is 24.6 Å². The Balaban J connectivity index is 2.03. The summed E-state index contributed by atoms with van der Waals surface area (Å²) in [4.78, 5) is 23.2. The van der Waals surface area contributed by atoms with E-state index in [2.05, 4.69) is 5.32 Å². The number of aliphatic carboxylic acids is 1. The van der Waals surface area contributed by atoms with Crippen LogP contribution in [0.5, 0.6) is 17.2 Å². The van der Waals surface area contributed by atoms with Crippen molar-refractivity contribution in [3.63, 3.8) is 0 Å². The summed E-state index contributed by atoms with van der Waals surface area (Å²) in [5, 5.41) is 11.6. The van der Waals surface area contributed by atoms with E-state index in [-0.39, 0.29) is 5.91 Å². The zero-order valence-electron chi connectivity index (χ0n) is 16.5. The number of amides is 1. The molecule has 0 bridgehead atoms. The Morgan fingerprint density at radius 1 is 1.04 bits per heavy atom. The van der Waals surface area contributed by atoms with Crippen molar-refractivity contribution in [2.75, 3.05) is 27.4 Å². The van der Waals surface area contributed by atoms with E-state index in [0.717, 1.165) is 17.1 Å². The first-order valence-corrected chi connectivity index (χ1v) is 8.80. The number of carboxylic acid groups (broad SMARTS) is 1. The van der Waals surface area contributed by atoms with Crippen molar-refractivity contribution in [3.05, 3.63) is 52.6 Å². The zero-order chi connectivity index (χ0) is 20.7. The van der Waals surface area contributed by atoms with Crippen LogP contribution < -0.4 is 19.5 Å². The van der Waals surface area contributed by atoms with Crippen LogP contribution in [0, 0.1) is 13.8 Å². The van der Waals surface area contributed by atoms with Crippen molar-refractivity contribution < 1.29 is 28.9 Å². The largest absolute Gasteiger partial charge is 0.497 e. The number of hydrogen-bond donors (Lipinski definition) is 2. The highest BCUT2D eigenvalue weighted by atomic mass is 16.5. The lowest BCUT2D eigenvalue weighted by molar-refractivity contribution is -0.139. The zero-order valence-corrected chi connectivity index (χ0v) is 16.5. The third-order valence-corrected chi connectivity index (χ3v) is 4.23. The normalized spacial score (nSPS) is 10.3. The first-order valence-electron chi connectivity index (χ1n) is 8.80. The molecule has 0 aliphatic rings. The molecule has 2 aromatic rings. The summed E-state index contributed by atoms with van der Waals surface area (Å²) in [7, 11) is 3.20. The second-order valence-corrected chi connectivity index (χ2v) is 6.31. The maximum atomic E-state index is 12.5. The van der Waals surface area contributed by atoms with E-state index >= 15 is 0 Å². The Morgan fingerprint density at radius 2 is 1.71 bits per heavy atom. The molecule has 2 aromatic carbocycles. The molecule has 0 fully saturated rings. The third kappa shape index (κ3) is 5.39. The van der Waals surface area contributed by atoms with Crippen molar-refractivity contribution in [2.24, 2.45) is 0 Å². The number of nitrogens with one attached hydrogen (secondary N) is 1. The molecule has 150 valence electrons. The molecule has 7 nitrogen and oxygen atoms in total. The summed E-state index contributed by atoms with van der Waals surface area (Å²) in [6.45, 7) is 3.57. The number of hydrogen-bond acceptors (Lipinski definition) is 5. The number of methoxy groups -OCH3 is 2. The minimum Gasteiger partial charge on any atom is -0.497 e. The minimum absolute atomic E-state index is 0.210. The SMILES string of the molecule is COc1ccc(OC)c(CCNC(=O)c2cc(C)c(OCC(=O)O)c(C)c2)c1. The van der Waals surface area contributed by atoms with Gasteiger partial charge >= 0.3 is 5.97 Å². The lowest BCUT2D eigenvalue weighted by Crippen LogP contribution is -2.26. The van der Waals surface area contributed by atoms with Crippen molar-refractivity contribution in [3.8, 4) is 17.2 Å². The molecule has 0 aromatic heterocycles. The average molecular weight is 387 g/mol. The molecule has 0 aliphatic carbocycles. The molecular formula is C21H25NO6. The maximum Gasteiger partial charge on any atom is 0.341 e. The number of aryl methyl sites for hydroxylation is 2. The van der Waals surface area contributed by atoms with Gasteiger partial charge in [-0.25, -0.2) is 4.79 Å². The standard InChI is InChI=1S/C21H25NO6/c1-13-9-16(10-14(2)20(13)28-12-19(23)24)21(25)22-8-7-15-11-17(26-3)5-6-18(15)27-4/h5-6,9-11H,7-8,12H2,1-4H3,(H,22,25)(H,23,24). The summed E-state index contributed by atoms with van der Waals surface area (Å²) in [5.41, 5.74) is 2.85. The topological polar surface area (TPSA) is 94.1 Å². The Bertz CT molecular complexity index is 839. The molecule has 0 saturated carbocycles.